The molecular weight excluding hydrogens is 212 g/mol. The fraction of sp³-hybridized carbons (Fsp3) is 0.769. The molecule has 1 aliphatic rings. The van der Waals surface area contributed by atoms with Crippen molar-refractivity contribution in [1.82, 2.24) is 20.0 Å². The Morgan fingerprint density at radius 3 is 2.82 bits per heavy atom. The lowest BCUT2D eigenvalue weighted by molar-refractivity contribution is 0.121. The average Bonchev–Trinajstić information content (AvgIpc) is 2.68. The molecular formula is C13H24N4. The van der Waals surface area contributed by atoms with Gasteiger partial charge in [0, 0.05) is 38.4 Å². The molecule has 3 atom stereocenters. The van der Waals surface area contributed by atoms with Crippen LogP contribution in [0.25, 0.3) is 0 Å². The summed E-state index contributed by atoms with van der Waals surface area (Å²) in [7, 11) is 4.18. The molecule has 1 aromatic rings. The normalized spacial score (nSPS) is 30.7. The highest BCUT2D eigenvalue weighted by Gasteiger charge is 2.28. The fourth-order valence-corrected chi connectivity index (χ4v) is 2.62. The minimum atomic E-state index is 0.614. The van der Waals surface area contributed by atoms with Gasteiger partial charge in [-0.3, -0.25) is 4.68 Å². The summed E-state index contributed by atoms with van der Waals surface area (Å²) < 4.78 is 1.86. The molecule has 0 amide bonds. The molecule has 0 saturated carbocycles. The first-order valence-electron chi connectivity index (χ1n) is 6.48. The average molecular weight is 236 g/mol. The third-order valence-electron chi connectivity index (χ3n) is 3.92. The zero-order valence-electron chi connectivity index (χ0n) is 11.3. The lowest BCUT2D eigenvalue weighted by Crippen LogP contribution is -2.50. The molecule has 4 heteroatoms. The predicted molar refractivity (Wildman–Crippen MR) is 69.7 cm³/mol. The van der Waals surface area contributed by atoms with Crippen LogP contribution in [0.2, 0.25) is 0 Å². The van der Waals surface area contributed by atoms with E-state index in [0.717, 1.165) is 12.2 Å². The quantitative estimate of drug-likeness (QED) is 0.857. The van der Waals surface area contributed by atoms with Crippen molar-refractivity contribution in [2.24, 2.45) is 13.0 Å². The maximum Gasteiger partial charge on any atom is 0.0762 e. The van der Waals surface area contributed by atoms with Gasteiger partial charge in [-0.15, -0.1) is 0 Å². The van der Waals surface area contributed by atoms with Crippen LogP contribution in [0.1, 0.15) is 26.0 Å². The maximum absolute atomic E-state index is 4.40. The number of aromatic nitrogens is 2. The van der Waals surface area contributed by atoms with Crippen LogP contribution >= 0.6 is 0 Å². The molecule has 3 unspecified atom stereocenters. The number of nitrogens with one attached hydrogen (secondary N) is 1. The molecule has 1 aliphatic heterocycles. The minimum absolute atomic E-state index is 0.614. The fourth-order valence-electron chi connectivity index (χ4n) is 2.62. The van der Waals surface area contributed by atoms with E-state index in [1.807, 2.05) is 17.9 Å². The van der Waals surface area contributed by atoms with Crippen molar-refractivity contribution in [2.75, 3.05) is 13.6 Å². The summed E-state index contributed by atoms with van der Waals surface area (Å²) in [5.41, 5.74) is 1.13. The summed E-state index contributed by atoms with van der Waals surface area (Å²) in [6, 6.07) is 3.37. The SMILES string of the molecule is CC1CN(C)C(C)CC1NCc1ccn(C)n1. The van der Waals surface area contributed by atoms with Gasteiger partial charge in [0.1, 0.15) is 0 Å². The highest BCUT2D eigenvalue weighted by molar-refractivity contribution is 4.99. The Kier molecular flexibility index (Phi) is 3.84. The summed E-state index contributed by atoms with van der Waals surface area (Å²) in [5.74, 6) is 0.708. The number of hydrogen-bond donors (Lipinski definition) is 1. The lowest BCUT2D eigenvalue weighted by Gasteiger charge is -2.40. The van der Waals surface area contributed by atoms with Crippen molar-refractivity contribution in [3.8, 4) is 0 Å². The second-order valence-corrected chi connectivity index (χ2v) is 5.47. The first kappa shape index (κ1) is 12.6. The Balaban J connectivity index is 1.86. The first-order valence-corrected chi connectivity index (χ1v) is 6.48. The summed E-state index contributed by atoms with van der Waals surface area (Å²) >= 11 is 0. The van der Waals surface area contributed by atoms with Crippen LogP contribution in [0, 0.1) is 5.92 Å². The second kappa shape index (κ2) is 5.19. The summed E-state index contributed by atoms with van der Waals surface area (Å²) in [6.07, 6.45) is 3.22. The van der Waals surface area contributed by atoms with Gasteiger partial charge in [0.25, 0.3) is 0 Å². The van der Waals surface area contributed by atoms with E-state index in [4.69, 9.17) is 0 Å². The standard InChI is InChI=1S/C13H24N4/c1-10-9-16(3)11(2)7-13(10)14-8-12-5-6-17(4)15-12/h5-6,10-11,13-14H,7-9H2,1-4H3. The van der Waals surface area contributed by atoms with Crippen LogP contribution in [0.5, 0.6) is 0 Å². The number of piperidine rings is 1. The van der Waals surface area contributed by atoms with Gasteiger partial charge >= 0.3 is 0 Å². The van der Waals surface area contributed by atoms with E-state index in [-0.39, 0.29) is 0 Å². The van der Waals surface area contributed by atoms with Gasteiger partial charge in [-0.25, -0.2) is 0 Å². The van der Waals surface area contributed by atoms with Crippen molar-refractivity contribution in [3.05, 3.63) is 18.0 Å². The highest BCUT2D eigenvalue weighted by atomic mass is 15.3. The Morgan fingerprint density at radius 1 is 1.41 bits per heavy atom. The molecule has 1 saturated heterocycles. The van der Waals surface area contributed by atoms with Crippen LogP contribution in [0.4, 0.5) is 0 Å². The molecule has 1 fully saturated rings. The van der Waals surface area contributed by atoms with Crippen molar-refractivity contribution in [1.29, 1.82) is 0 Å². The van der Waals surface area contributed by atoms with Gasteiger partial charge in [0.2, 0.25) is 0 Å². The van der Waals surface area contributed by atoms with E-state index in [1.54, 1.807) is 0 Å². The molecule has 0 aromatic carbocycles. The molecule has 2 rings (SSSR count). The number of aryl methyl sites for hydroxylation is 1. The van der Waals surface area contributed by atoms with E-state index in [0.29, 0.717) is 18.0 Å². The zero-order chi connectivity index (χ0) is 12.4. The first-order chi connectivity index (χ1) is 8.06. The minimum Gasteiger partial charge on any atom is -0.308 e. The van der Waals surface area contributed by atoms with Crippen LogP contribution in [-0.2, 0) is 13.6 Å². The van der Waals surface area contributed by atoms with E-state index in [2.05, 4.69) is 42.3 Å². The molecule has 96 valence electrons. The van der Waals surface area contributed by atoms with E-state index in [9.17, 15) is 0 Å². The molecule has 0 spiro atoms. The Hall–Kier alpha value is -0.870. The number of hydrogen-bond acceptors (Lipinski definition) is 3. The Bertz CT molecular complexity index is 360. The largest absolute Gasteiger partial charge is 0.308 e. The van der Waals surface area contributed by atoms with Gasteiger partial charge in [-0.2, -0.15) is 5.10 Å². The van der Waals surface area contributed by atoms with Gasteiger partial charge in [-0.1, -0.05) is 6.92 Å². The Labute approximate surface area is 104 Å². The molecule has 0 bridgehead atoms. The van der Waals surface area contributed by atoms with Gasteiger partial charge in [0.05, 0.1) is 5.69 Å². The third kappa shape index (κ3) is 3.07. The van der Waals surface area contributed by atoms with Crippen LogP contribution in [-0.4, -0.2) is 40.4 Å². The highest BCUT2D eigenvalue weighted by Crippen LogP contribution is 2.20. The number of nitrogens with zero attached hydrogens (tertiary/aromatic N) is 3. The molecule has 0 aliphatic carbocycles. The van der Waals surface area contributed by atoms with Crippen molar-refractivity contribution in [2.45, 2.75) is 38.9 Å². The summed E-state index contributed by atoms with van der Waals surface area (Å²) in [5, 5.41) is 8.05. The molecule has 0 radical (unpaired) electrons. The molecule has 1 aromatic heterocycles. The molecule has 1 N–H and O–H groups in total. The predicted octanol–water partition coefficient (Wildman–Crippen LogP) is 1.24. The van der Waals surface area contributed by atoms with E-state index in [1.165, 1.54) is 13.0 Å². The zero-order valence-corrected chi connectivity index (χ0v) is 11.3. The second-order valence-electron chi connectivity index (χ2n) is 5.47. The van der Waals surface area contributed by atoms with Crippen LogP contribution < -0.4 is 5.32 Å². The van der Waals surface area contributed by atoms with Gasteiger partial charge in [0.15, 0.2) is 0 Å². The monoisotopic (exact) mass is 236 g/mol. The molecule has 2 heterocycles. The van der Waals surface area contributed by atoms with Crippen molar-refractivity contribution < 1.29 is 0 Å². The van der Waals surface area contributed by atoms with Crippen LogP contribution in [0.3, 0.4) is 0 Å². The number of likely N-dealkylation sites (tertiary alicyclic amines) is 1. The van der Waals surface area contributed by atoms with Gasteiger partial charge < -0.3 is 10.2 Å². The Morgan fingerprint density at radius 2 is 2.18 bits per heavy atom. The van der Waals surface area contributed by atoms with Gasteiger partial charge in [-0.05, 0) is 32.4 Å². The summed E-state index contributed by atoms with van der Waals surface area (Å²) in [6.45, 7) is 6.70. The van der Waals surface area contributed by atoms with Crippen molar-refractivity contribution >= 4 is 0 Å². The van der Waals surface area contributed by atoms with E-state index < -0.39 is 0 Å². The topological polar surface area (TPSA) is 33.1 Å². The molecule has 4 nitrogen and oxygen atoms in total. The number of rotatable bonds is 3. The third-order valence-corrected chi connectivity index (χ3v) is 3.92. The molecule has 17 heavy (non-hydrogen) atoms. The van der Waals surface area contributed by atoms with E-state index >= 15 is 0 Å². The maximum atomic E-state index is 4.40. The van der Waals surface area contributed by atoms with Crippen molar-refractivity contribution in [3.63, 3.8) is 0 Å². The summed E-state index contributed by atoms with van der Waals surface area (Å²) in [4.78, 5) is 2.45. The smallest absolute Gasteiger partial charge is 0.0762 e. The van der Waals surface area contributed by atoms with Crippen LogP contribution in [0.15, 0.2) is 12.3 Å². The lowest BCUT2D eigenvalue weighted by atomic mass is 9.90.